The third kappa shape index (κ3) is 3.61. The fourth-order valence-electron chi connectivity index (χ4n) is 4.26. The molecule has 3 amide bonds. The van der Waals surface area contributed by atoms with E-state index in [9.17, 15) is 14.4 Å². The highest BCUT2D eigenvalue weighted by Crippen LogP contribution is 2.28. The highest BCUT2D eigenvalue weighted by Gasteiger charge is 2.39. The summed E-state index contributed by atoms with van der Waals surface area (Å²) in [5.41, 5.74) is 2.68. The Morgan fingerprint density at radius 3 is 2.81 bits per heavy atom. The molecule has 0 aromatic heterocycles. The van der Waals surface area contributed by atoms with Crippen molar-refractivity contribution >= 4 is 17.7 Å². The summed E-state index contributed by atoms with van der Waals surface area (Å²) in [6, 6.07) is 5.90. The van der Waals surface area contributed by atoms with Gasteiger partial charge in [0.2, 0.25) is 11.8 Å². The molecule has 3 unspecified atom stereocenters. The van der Waals surface area contributed by atoms with Gasteiger partial charge in [-0.2, -0.15) is 0 Å². The molecule has 2 saturated heterocycles. The minimum Gasteiger partial charge on any atom is -0.322 e. The zero-order chi connectivity index (χ0) is 19.0. The van der Waals surface area contributed by atoms with Crippen molar-refractivity contribution in [1.82, 2.24) is 20.9 Å². The lowest BCUT2D eigenvalue weighted by atomic mass is 10.0. The van der Waals surface area contributed by atoms with Crippen LogP contribution >= 0.6 is 0 Å². The van der Waals surface area contributed by atoms with Crippen LogP contribution in [0.4, 0.5) is 0 Å². The van der Waals surface area contributed by atoms with Gasteiger partial charge in [0.05, 0.1) is 0 Å². The predicted octanol–water partition coefficient (Wildman–Crippen LogP) is 0.535. The first kappa shape index (κ1) is 18.1. The molecule has 3 atom stereocenters. The molecule has 0 radical (unpaired) electrons. The summed E-state index contributed by atoms with van der Waals surface area (Å²) in [6.07, 6.45) is 1.89. The fraction of sp³-hybridized carbons (Fsp3) is 0.550. The quantitative estimate of drug-likeness (QED) is 0.658. The second-order valence-corrected chi connectivity index (χ2v) is 7.85. The van der Waals surface area contributed by atoms with E-state index in [0.717, 1.165) is 24.2 Å². The number of benzene rings is 1. The number of nitrogens with zero attached hydrogens (tertiary/aromatic N) is 1. The maximum Gasteiger partial charge on any atom is 0.255 e. The average Bonchev–Trinajstić information content (AvgIpc) is 3.19. The molecule has 3 aliphatic heterocycles. The van der Waals surface area contributed by atoms with E-state index in [4.69, 9.17) is 0 Å². The Kier molecular flexibility index (Phi) is 4.97. The summed E-state index contributed by atoms with van der Waals surface area (Å²) >= 11 is 0. The van der Waals surface area contributed by atoms with Crippen LogP contribution in [-0.4, -0.2) is 47.8 Å². The molecule has 7 nitrogen and oxygen atoms in total. The summed E-state index contributed by atoms with van der Waals surface area (Å²) < 4.78 is 0. The first-order chi connectivity index (χ1) is 13.0. The number of amides is 3. The van der Waals surface area contributed by atoms with Gasteiger partial charge in [0.25, 0.3) is 5.91 Å². The van der Waals surface area contributed by atoms with Gasteiger partial charge < -0.3 is 15.5 Å². The topological polar surface area (TPSA) is 90.5 Å². The minimum absolute atomic E-state index is 0.118. The van der Waals surface area contributed by atoms with Crippen molar-refractivity contribution in [2.75, 3.05) is 13.1 Å². The molecule has 1 aromatic carbocycles. The van der Waals surface area contributed by atoms with Gasteiger partial charge in [-0.15, -0.1) is 0 Å². The van der Waals surface area contributed by atoms with Crippen LogP contribution < -0.4 is 16.0 Å². The van der Waals surface area contributed by atoms with E-state index in [1.54, 1.807) is 4.90 Å². The summed E-state index contributed by atoms with van der Waals surface area (Å²) in [6.45, 7) is 5.40. The molecule has 0 bridgehead atoms. The molecule has 4 rings (SSSR count). The van der Waals surface area contributed by atoms with E-state index < -0.39 is 6.04 Å². The lowest BCUT2D eigenvalue weighted by Gasteiger charge is -2.29. The van der Waals surface area contributed by atoms with Crippen molar-refractivity contribution in [3.8, 4) is 0 Å². The Bertz CT molecular complexity index is 778. The molecule has 1 aromatic rings. The number of fused-ring (bicyclic) bond motifs is 1. The van der Waals surface area contributed by atoms with Gasteiger partial charge in [0.1, 0.15) is 6.04 Å². The Morgan fingerprint density at radius 2 is 2.07 bits per heavy atom. The normalized spacial score (nSPS) is 27.8. The summed E-state index contributed by atoms with van der Waals surface area (Å²) in [4.78, 5) is 37.9. The number of carbonyl (C=O) groups is 3. The Balaban J connectivity index is 1.39. The predicted molar refractivity (Wildman–Crippen MR) is 99.8 cm³/mol. The standard InChI is InChI=1S/C20H26N4O3/c1-12-6-7-22-16(12)10-21-9-13-2-3-14-11-24(20(27)15(14)8-13)17-4-5-18(25)23-19(17)26/h2-3,8,12,16-17,21-22H,4-7,9-11H2,1H3,(H,23,25,26). The first-order valence-corrected chi connectivity index (χ1v) is 9.73. The van der Waals surface area contributed by atoms with Crippen LogP contribution in [0.2, 0.25) is 0 Å². The lowest BCUT2D eigenvalue weighted by Crippen LogP contribution is -2.52. The smallest absolute Gasteiger partial charge is 0.255 e. The van der Waals surface area contributed by atoms with Crippen molar-refractivity contribution < 1.29 is 14.4 Å². The van der Waals surface area contributed by atoms with Gasteiger partial charge in [-0.1, -0.05) is 19.1 Å². The molecule has 7 heteroatoms. The van der Waals surface area contributed by atoms with Gasteiger partial charge in [-0.25, -0.2) is 0 Å². The molecule has 144 valence electrons. The van der Waals surface area contributed by atoms with E-state index in [1.807, 2.05) is 18.2 Å². The van der Waals surface area contributed by atoms with Crippen molar-refractivity contribution in [3.05, 3.63) is 34.9 Å². The van der Waals surface area contributed by atoms with Crippen LogP contribution in [-0.2, 0) is 22.7 Å². The monoisotopic (exact) mass is 370 g/mol. The molecule has 0 saturated carbocycles. The average molecular weight is 370 g/mol. The van der Waals surface area contributed by atoms with Gasteiger partial charge in [0.15, 0.2) is 0 Å². The van der Waals surface area contributed by atoms with Crippen molar-refractivity contribution in [2.45, 2.75) is 51.4 Å². The third-order valence-corrected chi connectivity index (χ3v) is 5.98. The number of nitrogens with one attached hydrogen (secondary N) is 3. The van der Waals surface area contributed by atoms with E-state index in [2.05, 4.69) is 22.9 Å². The Labute approximate surface area is 158 Å². The zero-order valence-corrected chi connectivity index (χ0v) is 15.6. The van der Waals surface area contributed by atoms with Crippen LogP contribution in [0.25, 0.3) is 0 Å². The highest BCUT2D eigenvalue weighted by atomic mass is 16.2. The van der Waals surface area contributed by atoms with Gasteiger partial charge in [0, 0.05) is 37.7 Å². The molecule has 3 N–H and O–H groups in total. The SMILES string of the molecule is CC1CCNC1CNCc1ccc2c(c1)C(=O)N(C1CCC(=O)NC1=O)C2. The third-order valence-electron chi connectivity index (χ3n) is 5.98. The molecule has 2 fully saturated rings. The van der Waals surface area contributed by atoms with E-state index in [0.29, 0.717) is 37.0 Å². The maximum absolute atomic E-state index is 12.8. The molecule has 3 aliphatic rings. The van der Waals surface area contributed by atoms with Crippen LogP contribution in [0.15, 0.2) is 18.2 Å². The Morgan fingerprint density at radius 1 is 1.22 bits per heavy atom. The molecule has 3 heterocycles. The van der Waals surface area contributed by atoms with Crippen LogP contribution in [0.3, 0.4) is 0 Å². The van der Waals surface area contributed by atoms with E-state index in [-0.39, 0.29) is 24.1 Å². The number of rotatable bonds is 5. The van der Waals surface area contributed by atoms with Crippen LogP contribution in [0.1, 0.15) is 47.7 Å². The van der Waals surface area contributed by atoms with Gasteiger partial charge >= 0.3 is 0 Å². The molecule has 0 aliphatic carbocycles. The zero-order valence-electron chi connectivity index (χ0n) is 15.6. The van der Waals surface area contributed by atoms with E-state index in [1.165, 1.54) is 6.42 Å². The number of imide groups is 1. The first-order valence-electron chi connectivity index (χ1n) is 9.73. The van der Waals surface area contributed by atoms with Crippen LogP contribution in [0, 0.1) is 5.92 Å². The van der Waals surface area contributed by atoms with E-state index >= 15 is 0 Å². The number of hydrogen-bond acceptors (Lipinski definition) is 5. The number of hydrogen-bond donors (Lipinski definition) is 3. The van der Waals surface area contributed by atoms with Crippen molar-refractivity contribution in [3.63, 3.8) is 0 Å². The summed E-state index contributed by atoms with van der Waals surface area (Å²) in [7, 11) is 0. The highest BCUT2D eigenvalue weighted by molar-refractivity contribution is 6.05. The Hall–Kier alpha value is -2.25. The summed E-state index contributed by atoms with van der Waals surface area (Å²) in [5.74, 6) is -0.0686. The molecular formula is C20H26N4O3. The second-order valence-electron chi connectivity index (χ2n) is 7.85. The number of carbonyl (C=O) groups excluding carboxylic acids is 3. The largest absolute Gasteiger partial charge is 0.322 e. The number of piperidine rings is 1. The molecule has 27 heavy (non-hydrogen) atoms. The van der Waals surface area contributed by atoms with Crippen LogP contribution in [0.5, 0.6) is 0 Å². The lowest BCUT2D eigenvalue weighted by molar-refractivity contribution is -0.136. The minimum atomic E-state index is -0.556. The summed E-state index contributed by atoms with van der Waals surface area (Å²) in [5, 5.41) is 9.32. The fourth-order valence-corrected chi connectivity index (χ4v) is 4.26. The molecular weight excluding hydrogens is 344 g/mol. The van der Waals surface area contributed by atoms with Gasteiger partial charge in [-0.05, 0) is 42.5 Å². The van der Waals surface area contributed by atoms with Crippen molar-refractivity contribution in [2.24, 2.45) is 5.92 Å². The maximum atomic E-state index is 12.8. The van der Waals surface area contributed by atoms with Gasteiger partial charge in [-0.3, -0.25) is 19.7 Å². The van der Waals surface area contributed by atoms with Crippen molar-refractivity contribution in [1.29, 1.82) is 0 Å². The second kappa shape index (κ2) is 7.40. The molecule has 0 spiro atoms.